The molecule has 9 heteroatoms. The summed E-state index contributed by atoms with van der Waals surface area (Å²) < 4.78 is 0.781. The van der Waals surface area contributed by atoms with Gasteiger partial charge in [-0.3, -0.25) is 10.1 Å². The predicted octanol–water partition coefficient (Wildman–Crippen LogP) is 2.87. The maximum absolute atomic E-state index is 10.6. The Hall–Kier alpha value is -1.74. The van der Waals surface area contributed by atoms with Crippen LogP contribution in [0.4, 0.5) is 11.5 Å². The van der Waals surface area contributed by atoms with Gasteiger partial charge in [-0.25, -0.2) is 9.97 Å². The predicted molar refractivity (Wildman–Crippen MR) is 78.0 cm³/mol. The summed E-state index contributed by atoms with van der Waals surface area (Å²) >= 11 is 2.79. The van der Waals surface area contributed by atoms with Crippen LogP contribution < -0.4 is 5.73 Å². The van der Waals surface area contributed by atoms with Crippen LogP contribution in [-0.4, -0.2) is 19.9 Å². The average Bonchev–Trinajstić information content (AvgIpc) is 2.76. The molecule has 2 aromatic heterocycles. The van der Waals surface area contributed by atoms with Gasteiger partial charge in [-0.05, 0) is 17.2 Å². The van der Waals surface area contributed by atoms with Gasteiger partial charge in [-0.15, -0.1) is 11.3 Å². The molecule has 0 aromatic carbocycles. The minimum atomic E-state index is -0.606. The molecule has 20 heavy (non-hydrogen) atoms. The number of hydrogen-bond acceptors (Lipinski definition) is 8. The van der Waals surface area contributed by atoms with Crippen LogP contribution >= 0.6 is 23.1 Å². The van der Waals surface area contributed by atoms with Gasteiger partial charge in [0, 0.05) is 11.1 Å². The van der Waals surface area contributed by atoms with E-state index in [4.69, 9.17) is 5.73 Å². The zero-order valence-electron chi connectivity index (χ0n) is 11.2. The second kappa shape index (κ2) is 5.33. The normalized spacial score (nSPS) is 11.6. The molecule has 0 saturated heterocycles. The fourth-order valence-electron chi connectivity index (χ4n) is 1.29. The van der Waals surface area contributed by atoms with Crippen molar-refractivity contribution in [2.24, 2.45) is 0 Å². The van der Waals surface area contributed by atoms with Gasteiger partial charge in [0.25, 0.3) is 0 Å². The molecule has 2 rings (SSSR count). The highest BCUT2D eigenvalue weighted by molar-refractivity contribution is 8.00. The largest absolute Gasteiger partial charge is 0.378 e. The molecule has 0 aliphatic rings. The molecule has 0 aliphatic carbocycles. The van der Waals surface area contributed by atoms with E-state index in [0.29, 0.717) is 5.16 Å². The number of nitrogens with zero attached hydrogens (tertiary/aromatic N) is 4. The third-order valence-corrected chi connectivity index (χ3v) is 4.75. The number of thiazole rings is 1. The lowest BCUT2D eigenvalue weighted by Gasteiger charge is -2.14. The number of aromatic nitrogens is 3. The molecule has 106 valence electrons. The van der Waals surface area contributed by atoms with Crippen molar-refractivity contribution in [3.63, 3.8) is 0 Å². The summed E-state index contributed by atoms with van der Waals surface area (Å²) in [6.07, 6.45) is 2.94. The van der Waals surface area contributed by atoms with E-state index in [-0.39, 0.29) is 16.9 Å². The third kappa shape index (κ3) is 3.23. The number of rotatable bonds is 3. The molecule has 0 saturated carbocycles. The summed E-state index contributed by atoms with van der Waals surface area (Å²) in [7, 11) is 0. The summed E-state index contributed by atoms with van der Waals surface area (Å²) in [6, 6.07) is 0. The molecule has 0 aliphatic heterocycles. The SMILES string of the molecule is CC(C)(C)c1cnc(Sc2ncc([N+](=O)[O-])c(N)n2)s1. The van der Waals surface area contributed by atoms with E-state index in [1.165, 1.54) is 11.8 Å². The second-order valence-corrected chi connectivity index (χ2v) is 7.27. The Bertz CT molecular complexity index is 651. The van der Waals surface area contributed by atoms with Crippen LogP contribution in [0, 0.1) is 10.1 Å². The van der Waals surface area contributed by atoms with Crippen LogP contribution in [0.25, 0.3) is 0 Å². The van der Waals surface area contributed by atoms with Crippen molar-refractivity contribution in [1.82, 2.24) is 15.0 Å². The van der Waals surface area contributed by atoms with Crippen molar-refractivity contribution in [1.29, 1.82) is 0 Å². The highest BCUT2D eigenvalue weighted by Gasteiger charge is 2.19. The molecule has 2 N–H and O–H groups in total. The zero-order chi connectivity index (χ0) is 14.9. The van der Waals surface area contributed by atoms with E-state index < -0.39 is 4.92 Å². The highest BCUT2D eigenvalue weighted by Crippen LogP contribution is 2.35. The molecular formula is C11H13N5O2S2. The van der Waals surface area contributed by atoms with Crippen molar-refractivity contribution >= 4 is 34.6 Å². The van der Waals surface area contributed by atoms with E-state index in [2.05, 4.69) is 35.7 Å². The fraction of sp³-hybridized carbons (Fsp3) is 0.364. The van der Waals surface area contributed by atoms with Crippen LogP contribution in [0.1, 0.15) is 25.6 Å². The lowest BCUT2D eigenvalue weighted by molar-refractivity contribution is -0.384. The second-order valence-electron chi connectivity index (χ2n) is 5.02. The minimum Gasteiger partial charge on any atom is -0.378 e. The van der Waals surface area contributed by atoms with E-state index in [9.17, 15) is 10.1 Å². The van der Waals surface area contributed by atoms with Gasteiger partial charge in [0.05, 0.1) is 4.92 Å². The number of nitro groups is 1. The van der Waals surface area contributed by atoms with Crippen molar-refractivity contribution in [3.8, 4) is 0 Å². The van der Waals surface area contributed by atoms with Gasteiger partial charge in [-0.2, -0.15) is 4.98 Å². The van der Waals surface area contributed by atoms with Gasteiger partial charge in [-0.1, -0.05) is 20.8 Å². The van der Waals surface area contributed by atoms with E-state index in [0.717, 1.165) is 15.4 Å². The third-order valence-electron chi connectivity index (χ3n) is 2.37. The van der Waals surface area contributed by atoms with Crippen LogP contribution in [0.15, 0.2) is 21.9 Å². The molecule has 0 spiro atoms. The smallest absolute Gasteiger partial charge is 0.329 e. The van der Waals surface area contributed by atoms with Crippen LogP contribution in [-0.2, 0) is 5.41 Å². The first-order valence-corrected chi connectivity index (χ1v) is 7.32. The van der Waals surface area contributed by atoms with Crippen molar-refractivity contribution in [2.45, 2.75) is 35.7 Å². The van der Waals surface area contributed by atoms with Gasteiger partial charge in [0.1, 0.15) is 6.20 Å². The highest BCUT2D eigenvalue weighted by atomic mass is 32.2. The number of nitrogen functional groups attached to an aromatic ring is 1. The summed E-state index contributed by atoms with van der Waals surface area (Å²) in [5.41, 5.74) is 5.27. The quantitative estimate of drug-likeness (QED) is 0.527. The zero-order valence-corrected chi connectivity index (χ0v) is 12.8. The molecule has 2 aromatic rings. The molecule has 0 atom stereocenters. The molecule has 0 unspecified atom stereocenters. The summed E-state index contributed by atoms with van der Waals surface area (Å²) in [5, 5.41) is 11.0. The molecule has 0 amide bonds. The molecule has 7 nitrogen and oxygen atoms in total. The van der Waals surface area contributed by atoms with Crippen LogP contribution in [0.3, 0.4) is 0 Å². The first kappa shape index (κ1) is 14.7. The van der Waals surface area contributed by atoms with Gasteiger partial charge >= 0.3 is 5.69 Å². The number of anilines is 1. The lowest BCUT2D eigenvalue weighted by atomic mass is 9.96. The Morgan fingerprint density at radius 1 is 1.35 bits per heavy atom. The summed E-state index contributed by atoms with van der Waals surface area (Å²) in [6.45, 7) is 6.32. The number of hydrogen-bond donors (Lipinski definition) is 1. The average molecular weight is 311 g/mol. The first-order chi connectivity index (χ1) is 9.27. The molecule has 2 heterocycles. The Morgan fingerprint density at radius 2 is 2.05 bits per heavy atom. The van der Waals surface area contributed by atoms with Crippen molar-refractivity contribution < 1.29 is 4.92 Å². The lowest BCUT2D eigenvalue weighted by Crippen LogP contribution is -2.07. The van der Waals surface area contributed by atoms with E-state index >= 15 is 0 Å². The van der Waals surface area contributed by atoms with Crippen LogP contribution in [0.5, 0.6) is 0 Å². The monoisotopic (exact) mass is 311 g/mol. The Balaban J connectivity index is 2.20. The first-order valence-electron chi connectivity index (χ1n) is 5.68. The van der Waals surface area contributed by atoms with E-state index in [1.54, 1.807) is 11.3 Å². The maximum atomic E-state index is 10.6. The number of nitrogens with two attached hydrogens (primary N) is 1. The van der Waals surface area contributed by atoms with Gasteiger partial charge in [0.15, 0.2) is 9.50 Å². The minimum absolute atomic E-state index is 0.0336. The topological polar surface area (TPSA) is 108 Å². The molecule has 0 fully saturated rings. The Morgan fingerprint density at radius 3 is 2.55 bits per heavy atom. The van der Waals surface area contributed by atoms with Crippen molar-refractivity contribution in [3.05, 3.63) is 27.4 Å². The Labute approximate surface area is 123 Å². The van der Waals surface area contributed by atoms with Crippen molar-refractivity contribution in [2.75, 3.05) is 5.73 Å². The summed E-state index contributed by atoms with van der Waals surface area (Å²) in [5.74, 6) is -0.139. The standard InChI is InChI=1S/C11H13N5O2S2/c1-11(2,3)7-5-14-10(19-7)20-9-13-4-6(16(17)18)8(12)15-9/h4-5H,1-3H3,(H2,12,13,15). The fourth-order valence-corrected chi connectivity index (χ4v) is 3.17. The van der Waals surface area contributed by atoms with E-state index in [1.807, 2.05) is 6.20 Å². The molecule has 0 bridgehead atoms. The van der Waals surface area contributed by atoms with Gasteiger partial charge < -0.3 is 5.73 Å². The summed E-state index contributed by atoms with van der Waals surface area (Å²) in [4.78, 5) is 23.3. The Kier molecular flexibility index (Phi) is 3.91. The molecular weight excluding hydrogens is 298 g/mol. The van der Waals surface area contributed by atoms with Gasteiger partial charge in [0.2, 0.25) is 5.82 Å². The maximum Gasteiger partial charge on any atom is 0.329 e. The van der Waals surface area contributed by atoms with Crippen LogP contribution in [0.2, 0.25) is 0 Å². The molecule has 0 radical (unpaired) electrons.